The molecular weight excluding hydrogens is 266 g/mol. The van der Waals surface area contributed by atoms with E-state index in [1.807, 2.05) is 0 Å². The molecule has 1 aromatic rings. The predicted octanol–water partition coefficient (Wildman–Crippen LogP) is 0.815. The van der Waals surface area contributed by atoms with E-state index in [9.17, 15) is 13.2 Å². The molecule has 0 bridgehead atoms. The number of aliphatic hydroxyl groups excluding tert-OH is 1. The van der Waals surface area contributed by atoms with E-state index >= 15 is 0 Å². The monoisotopic (exact) mass is 283 g/mol. The lowest BCUT2D eigenvalue weighted by atomic mass is 10.4. The number of hydrogen-bond donors (Lipinski definition) is 1. The molecule has 0 aromatic heterocycles. The first kappa shape index (κ1) is 15.4. The summed E-state index contributed by atoms with van der Waals surface area (Å²) in [5, 5.41) is 9.68. The van der Waals surface area contributed by atoms with Gasteiger partial charge < -0.3 is 10.0 Å². The number of sulfone groups is 1. The number of rotatable bonds is 6. The maximum atomic E-state index is 11.9. The zero-order chi connectivity index (χ0) is 14.3. The molecule has 0 saturated carbocycles. The van der Waals surface area contributed by atoms with Crippen LogP contribution in [0.1, 0.15) is 6.92 Å². The minimum absolute atomic E-state index is 0.143. The number of aliphatic hydroxyl groups is 1. The molecule has 1 amide bonds. The molecule has 0 saturated heterocycles. The highest BCUT2D eigenvalue weighted by Crippen LogP contribution is 2.11. The number of nitrogens with zero attached hydrogens (tertiary/aromatic N) is 1. The Morgan fingerprint density at radius 3 is 2.47 bits per heavy atom. The molecule has 1 N–H and O–H groups in total. The lowest BCUT2D eigenvalue weighted by Gasteiger charge is -2.17. The SMILES string of the molecule is CCN(CCO)C(=O)/C=C/S(=O)(=O)c1ccccc1. The molecule has 0 aliphatic carbocycles. The molecule has 0 heterocycles. The third-order valence-electron chi connectivity index (χ3n) is 2.52. The molecule has 6 heteroatoms. The molecule has 0 unspecified atom stereocenters. The Hall–Kier alpha value is -1.66. The van der Waals surface area contributed by atoms with Gasteiger partial charge in [0.25, 0.3) is 0 Å². The number of benzene rings is 1. The van der Waals surface area contributed by atoms with E-state index in [4.69, 9.17) is 5.11 Å². The second kappa shape index (κ2) is 7.06. The second-order valence-corrected chi connectivity index (χ2v) is 5.64. The summed E-state index contributed by atoms with van der Waals surface area (Å²) in [5.41, 5.74) is 0. The fourth-order valence-electron chi connectivity index (χ4n) is 1.49. The number of carbonyl (C=O) groups excluding carboxylic acids is 1. The van der Waals surface area contributed by atoms with Crippen LogP contribution in [0.15, 0.2) is 46.7 Å². The Kier molecular flexibility index (Phi) is 5.72. The highest BCUT2D eigenvalue weighted by molar-refractivity contribution is 7.94. The summed E-state index contributed by atoms with van der Waals surface area (Å²) in [7, 11) is -3.60. The van der Waals surface area contributed by atoms with Crippen molar-refractivity contribution in [2.45, 2.75) is 11.8 Å². The van der Waals surface area contributed by atoms with Crippen LogP contribution in [-0.4, -0.2) is 44.0 Å². The van der Waals surface area contributed by atoms with Crippen molar-refractivity contribution < 1.29 is 18.3 Å². The van der Waals surface area contributed by atoms with Gasteiger partial charge in [0.2, 0.25) is 5.91 Å². The summed E-state index contributed by atoms with van der Waals surface area (Å²) in [6, 6.07) is 7.89. The molecule has 0 aliphatic rings. The highest BCUT2D eigenvalue weighted by atomic mass is 32.2. The number of carbonyl (C=O) groups is 1. The zero-order valence-corrected chi connectivity index (χ0v) is 11.5. The van der Waals surface area contributed by atoms with Crippen LogP contribution in [0.3, 0.4) is 0 Å². The molecule has 5 nitrogen and oxygen atoms in total. The van der Waals surface area contributed by atoms with Crippen LogP contribution >= 0.6 is 0 Å². The summed E-state index contributed by atoms with van der Waals surface area (Å²) in [4.78, 5) is 13.2. The van der Waals surface area contributed by atoms with Gasteiger partial charge in [-0.2, -0.15) is 0 Å². The van der Waals surface area contributed by atoms with Gasteiger partial charge in [0.15, 0.2) is 9.84 Å². The van der Waals surface area contributed by atoms with Gasteiger partial charge in [-0.25, -0.2) is 8.42 Å². The first-order valence-corrected chi connectivity index (χ1v) is 7.44. The number of amides is 1. The molecular formula is C13H17NO4S. The fraction of sp³-hybridized carbons (Fsp3) is 0.308. The van der Waals surface area contributed by atoms with Gasteiger partial charge >= 0.3 is 0 Å². The van der Waals surface area contributed by atoms with Crippen molar-refractivity contribution in [3.63, 3.8) is 0 Å². The summed E-state index contributed by atoms with van der Waals surface area (Å²) in [5.74, 6) is -0.434. The molecule has 19 heavy (non-hydrogen) atoms. The van der Waals surface area contributed by atoms with Gasteiger partial charge in [0.05, 0.1) is 11.5 Å². The van der Waals surface area contributed by atoms with Gasteiger partial charge in [0.1, 0.15) is 0 Å². The quantitative estimate of drug-likeness (QED) is 0.784. The molecule has 1 aromatic carbocycles. The van der Waals surface area contributed by atoms with Crippen LogP contribution in [0.4, 0.5) is 0 Å². The fourth-order valence-corrected chi connectivity index (χ4v) is 2.48. The minimum atomic E-state index is -3.60. The lowest BCUT2D eigenvalue weighted by Crippen LogP contribution is -2.31. The molecule has 1 rings (SSSR count). The van der Waals surface area contributed by atoms with E-state index in [1.54, 1.807) is 25.1 Å². The van der Waals surface area contributed by atoms with Gasteiger partial charge in [-0.15, -0.1) is 0 Å². The smallest absolute Gasteiger partial charge is 0.247 e. The van der Waals surface area contributed by atoms with Crippen LogP contribution < -0.4 is 0 Å². The molecule has 0 radical (unpaired) electrons. The Labute approximate surface area is 113 Å². The number of likely N-dealkylation sites (N-methyl/N-ethyl adjacent to an activating group) is 1. The topological polar surface area (TPSA) is 74.7 Å². The van der Waals surface area contributed by atoms with E-state index in [2.05, 4.69) is 0 Å². The molecule has 0 atom stereocenters. The Bertz CT molecular complexity index is 537. The minimum Gasteiger partial charge on any atom is -0.395 e. The van der Waals surface area contributed by atoms with E-state index in [1.165, 1.54) is 17.0 Å². The van der Waals surface area contributed by atoms with Crippen molar-refractivity contribution in [1.29, 1.82) is 0 Å². The zero-order valence-electron chi connectivity index (χ0n) is 10.7. The van der Waals surface area contributed by atoms with Crippen molar-refractivity contribution >= 4 is 15.7 Å². The van der Waals surface area contributed by atoms with Crippen LogP contribution in [-0.2, 0) is 14.6 Å². The largest absolute Gasteiger partial charge is 0.395 e. The Morgan fingerprint density at radius 2 is 1.95 bits per heavy atom. The van der Waals surface area contributed by atoms with Crippen molar-refractivity contribution in [1.82, 2.24) is 4.90 Å². The third kappa shape index (κ3) is 4.50. The van der Waals surface area contributed by atoms with Crippen LogP contribution in [0.2, 0.25) is 0 Å². The summed E-state index contributed by atoms with van der Waals surface area (Å²) < 4.78 is 23.8. The standard InChI is InChI=1S/C13H17NO4S/c1-2-14(9-10-15)13(16)8-11-19(17,18)12-6-4-3-5-7-12/h3-8,11,15H,2,9-10H2,1H3/b11-8+. The maximum Gasteiger partial charge on any atom is 0.247 e. The van der Waals surface area contributed by atoms with E-state index in [-0.39, 0.29) is 18.0 Å². The van der Waals surface area contributed by atoms with Crippen molar-refractivity contribution in [3.8, 4) is 0 Å². The highest BCUT2D eigenvalue weighted by Gasteiger charge is 2.12. The van der Waals surface area contributed by atoms with Gasteiger partial charge in [-0.3, -0.25) is 4.79 Å². The van der Waals surface area contributed by atoms with Crippen molar-refractivity contribution in [3.05, 3.63) is 41.8 Å². The third-order valence-corrected chi connectivity index (χ3v) is 3.95. The predicted molar refractivity (Wildman–Crippen MR) is 72.1 cm³/mol. The van der Waals surface area contributed by atoms with Crippen LogP contribution in [0.25, 0.3) is 0 Å². The summed E-state index contributed by atoms with van der Waals surface area (Å²) in [6.07, 6.45) is 1.02. The van der Waals surface area contributed by atoms with E-state index in [0.717, 1.165) is 11.5 Å². The van der Waals surface area contributed by atoms with Gasteiger partial charge in [0, 0.05) is 24.6 Å². The first-order valence-electron chi connectivity index (χ1n) is 5.89. The van der Waals surface area contributed by atoms with Gasteiger partial charge in [-0.05, 0) is 19.1 Å². The van der Waals surface area contributed by atoms with Gasteiger partial charge in [-0.1, -0.05) is 18.2 Å². The first-order chi connectivity index (χ1) is 9.01. The molecule has 0 spiro atoms. The molecule has 104 valence electrons. The van der Waals surface area contributed by atoms with E-state index < -0.39 is 15.7 Å². The van der Waals surface area contributed by atoms with Crippen molar-refractivity contribution in [2.75, 3.05) is 19.7 Å². The van der Waals surface area contributed by atoms with Crippen molar-refractivity contribution in [2.24, 2.45) is 0 Å². The van der Waals surface area contributed by atoms with Crippen LogP contribution in [0, 0.1) is 0 Å². The number of hydrogen-bond acceptors (Lipinski definition) is 4. The Morgan fingerprint density at radius 1 is 1.32 bits per heavy atom. The average Bonchev–Trinajstić information content (AvgIpc) is 2.43. The normalized spacial score (nSPS) is 11.7. The average molecular weight is 283 g/mol. The lowest BCUT2D eigenvalue weighted by molar-refractivity contribution is -0.126. The molecule has 0 aliphatic heterocycles. The van der Waals surface area contributed by atoms with E-state index in [0.29, 0.717) is 6.54 Å². The van der Waals surface area contributed by atoms with Crippen LogP contribution in [0.5, 0.6) is 0 Å². The molecule has 0 fully saturated rings. The second-order valence-electron chi connectivity index (χ2n) is 3.80. The summed E-state index contributed by atoms with van der Waals surface area (Å²) in [6.45, 7) is 2.20. The maximum absolute atomic E-state index is 11.9. The summed E-state index contributed by atoms with van der Waals surface area (Å²) >= 11 is 0. The Balaban J connectivity index is 2.84.